The number of nitrogens with zero attached hydrogens (tertiary/aromatic N) is 3. The number of nitrogens with one attached hydrogen (secondary N) is 3. The molecule has 1 amide bonds. The number of benzene rings is 1. The Labute approximate surface area is 164 Å². The Hall–Kier alpha value is -2.19. The Balaban J connectivity index is 1.58. The van der Waals surface area contributed by atoms with Crippen LogP contribution in [-0.2, 0) is 21.4 Å². The summed E-state index contributed by atoms with van der Waals surface area (Å²) in [5.74, 6) is -0.314. The van der Waals surface area contributed by atoms with Gasteiger partial charge >= 0.3 is 0 Å². The van der Waals surface area contributed by atoms with E-state index in [4.69, 9.17) is 5.26 Å². The molecule has 9 nitrogen and oxygen atoms in total. The molecule has 2 saturated heterocycles. The van der Waals surface area contributed by atoms with Crippen molar-refractivity contribution in [2.75, 3.05) is 18.9 Å². The van der Waals surface area contributed by atoms with E-state index < -0.39 is 10.0 Å². The molecule has 150 valence electrons. The molecule has 3 N–H and O–H groups in total. The second-order valence-corrected chi connectivity index (χ2v) is 9.64. The highest BCUT2D eigenvalue weighted by Gasteiger charge is 2.49. The molecule has 0 aliphatic carbocycles. The number of hydrogen-bond donors (Lipinski definition) is 3. The second-order valence-electron chi connectivity index (χ2n) is 7.63. The van der Waals surface area contributed by atoms with E-state index in [1.807, 2.05) is 18.0 Å². The smallest absolute Gasteiger partial charge is 0.243 e. The Morgan fingerprint density at radius 1 is 1.43 bits per heavy atom. The molecule has 1 aromatic carbocycles. The summed E-state index contributed by atoms with van der Waals surface area (Å²) in [5.41, 5.74) is 4.87. The van der Waals surface area contributed by atoms with Crippen molar-refractivity contribution >= 4 is 21.6 Å². The van der Waals surface area contributed by atoms with E-state index in [2.05, 4.69) is 22.1 Å². The van der Waals surface area contributed by atoms with Gasteiger partial charge in [0, 0.05) is 37.9 Å². The van der Waals surface area contributed by atoms with Crippen LogP contribution in [0.15, 0.2) is 23.1 Å². The van der Waals surface area contributed by atoms with Crippen molar-refractivity contribution in [3.63, 3.8) is 0 Å². The lowest BCUT2D eigenvalue weighted by molar-refractivity contribution is -0.127. The number of rotatable bonds is 4. The highest BCUT2D eigenvalue weighted by atomic mass is 32.2. The van der Waals surface area contributed by atoms with Crippen LogP contribution in [0.3, 0.4) is 0 Å². The zero-order chi connectivity index (χ0) is 20.1. The summed E-state index contributed by atoms with van der Waals surface area (Å²) >= 11 is 0. The number of piperidine rings is 1. The lowest BCUT2D eigenvalue weighted by Gasteiger charge is -2.33. The summed E-state index contributed by atoms with van der Waals surface area (Å²) in [5, 5.41) is 17.4. The molecular weight excluding hydrogens is 380 g/mol. The molecule has 3 aliphatic rings. The number of hydrogen-bond acceptors (Lipinski definition) is 7. The third-order valence-electron chi connectivity index (χ3n) is 5.79. The van der Waals surface area contributed by atoms with Crippen molar-refractivity contribution in [3.8, 4) is 6.07 Å². The number of nitriles is 1. The summed E-state index contributed by atoms with van der Waals surface area (Å²) < 4.78 is 25.8. The van der Waals surface area contributed by atoms with E-state index in [1.165, 1.54) is 4.31 Å². The van der Waals surface area contributed by atoms with Crippen LogP contribution in [0.2, 0.25) is 0 Å². The van der Waals surface area contributed by atoms with Crippen LogP contribution in [0.25, 0.3) is 0 Å². The van der Waals surface area contributed by atoms with Crippen molar-refractivity contribution in [2.24, 2.45) is 5.92 Å². The first-order valence-corrected chi connectivity index (χ1v) is 10.8. The minimum absolute atomic E-state index is 0.00976. The van der Waals surface area contributed by atoms with Gasteiger partial charge in [0.1, 0.15) is 6.17 Å². The van der Waals surface area contributed by atoms with Crippen molar-refractivity contribution < 1.29 is 13.2 Å². The van der Waals surface area contributed by atoms with Gasteiger partial charge in [-0.25, -0.2) is 18.9 Å². The van der Waals surface area contributed by atoms with Gasteiger partial charge in [0.15, 0.2) is 0 Å². The summed E-state index contributed by atoms with van der Waals surface area (Å²) in [4.78, 5) is 12.9. The molecule has 0 aromatic heterocycles. The number of carbonyl (C=O) groups is 1. The molecule has 28 heavy (non-hydrogen) atoms. The maximum atomic E-state index is 12.5. The van der Waals surface area contributed by atoms with Crippen LogP contribution in [0, 0.1) is 17.2 Å². The van der Waals surface area contributed by atoms with Crippen LogP contribution in [-0.4, -0.2) is 55.5 Å². The van der Waals surface area contributed by atoms with Gasteiger partial charge in [0.05, 0.1) is 23.3 Å². The number of anilines is 1. The zero-order valence-electron chi connectivity index (χ0n) is 15.8. The van der Waals surface area contributed by atoms with Crippen LogP contribution < -0.4 is 16.1 Å². The predicted octanol–water partition coefficient (Wildman–Crippen LogP) is 0.186. The van der Waals surface area contributed by atoms with E-state index in [0.29, 0.717) is 24.4 Å². The standard InChI is InChI=1S/C18H24N6O3S/c1-11(5-7-19)24-14-6-8-20-18(25)16(14)17(22-24)21-13-3-4-15-12(9-13)10-23(2)28(15,26)27/h3-4,9,11,14,16-17,21-22H,5-6,8,10H2,1-2H3,(H,20,25). The summed E-state index contributed by atoms with van der Waals surface area (Å²) in [6.07, 6.45) is 0.846. The van der Waals surface area contributed by atoms with Gasteiger partial charge in [0.2, 0.25) is 15.9 Å². The van der Waals surface area contributed by atoms with Crippen LogP contribution >= 0.6 is 0 Å². The topological polar surface area (TPSA) is 118 Å². The Morgan fingerprint density at radius 2 is 2.21 bits per heavy atom. The van der Waals surface area contributed by atoms with E-state index in [0.717, 1.165) is 17.7 Å². The predicted molar refractivity (Wildman–Crippen MR) is 102 cm³/mol. The molecule has 3 aliphatic heterocycles. The maximum Gasteiger partial charge on any atom is 0.243 e. The summed E-state index contributed by atoms with van der Waals surface area (Å²) in [7, 11) is -1.83. The number of carbonyl (C=O) groups excluding carboxylic acids is 1. The third kappa shape index (κ3) is 3.04. The largest absolute Gasteiger partial charge is 0.368 e. The fourth-order valence-electron chi connectivity index (χ4n) is 4.36. The monoisotopic (exact) mass is 404 g/mol. The van der Waals surface area contributed by atoms with E-state index in [-0.39, 0.29) is 30.1 Å². The molecule has 4 unspecified atom stereocenters. The molecular formula is C18H24N6O3S. The third-order valence-corrected chi connectivity index (χ3v) is 7.69. The molecule has 0 radical (unpaired) electrons. The van der Waals surface area contributed by atoms with Crippen LogP contribution in [0.5, 0.6) is 0 Å². The molecule has 0 saturated carbocycles. The summed E-state index contributed by atoms with van der Waals surface area (Å²) in [6, 6.07) is 7.35. The first-order chi connectivity index (χ1) is 13.3. The van der Waals surface area contributed by atoms with E-state index >= 15 is 0 Å². The molecule has 2 fully saturated rings. The average molecular weight is 404 g/mol. The molecule has 10 heteroatoms. The minimum atomic E-state index is -3.40. The quantitative estimate of drug-likeness (QED) is 0.655. The second kappa shape index (κ2) is 7.00. The lowest BCUT2D eigenvalue weighted by Crippen LogP contribution is -2.51. The number of amides is 1. The lowest BCUT2D eigenvalue weighted by atomic mass is 9.90. The van der Waals surface area contributed by atoms with Crippen molar-refractivity contribution in [1.29, 1.82) is 5.26 Å². The number of hydrazine groups is 1. The van der Waals surface area contributed by atoms with Crippen LogP contribution in [0.1, 0.15) is 25.3 Å². The highest BCUT2D eigenvalue weighted by molar-refractivity contribution is 7.89. The van der Waals surface area contributed by atoms with Gasteiger partial charge in [-0.15, -0.1) is 0 Å². The van der Waals surface area contributed by atoms with Crippen molar-refractivity contribution in [2.45, 2.75) is 49.5 Å². The van der Waals surface area contributed by atoms with E-state index in [1.54, 1.807) is 19.2 Å². The molecule has 3 heterocycles. The molecule has 4 atom stereocenters. The Bertz CT molecular complexity index is 943. The molecule has 0 bridgehead atoms. The Kier molecular flexibility index (Phi) is 4.79. The van der Waals surface area contributed by atoms with Gasteiger partial charge in [-0.2, -0.15) is 9.57 Å². The Morgan fingerprint density at radius 3 is 2.96 bits per heavy atom. The number of sulfonamides is 1. The number of fused-ring (bicyclic) bond motifs is 2. The zero-order valence-corrected chi connectivity index (χ0v) is 16.7. The van der Waals surface area contributed by atoms with Gasteiger partial charge in [-0.3, -0.25) is 4.79 Å². The minimum Gasteiger partial charge on any atom is -0.368 e. The fourth-order valence-corrected chi connectivity index (χ4v) is 5.70. The summed E-state index contributed by atoms with van der Waals surface area (Å²) in [6.45, 7) is 2.93. The normalized spacial score (nSPS) is 30.2. The van der Waals surface area contributed by atoms with Gasteiger partial charge < -0.3 is 10.6 Å². The van der Waals surface area contributed by atoms with Gasteiger partial charge in [0.25, 0.3) is 0 Å². The molecule has 1 aromatic rings. The van der Waals surface area contributed by atoms with Gasteiger partial charge in [-0.1, -0.05) is 0 Å². The highest BCUT2D eigenvalue weighted by Crippen LogP contribution is 2.34. The van der Waals surface area contributed by atoms with Crippen LogP contribution in [0.4, 0.5) is 5.69 Å². The fraction of sp³-hybridized carbons (Fsp3) is 0.556. The first-order valence-electron chi connectivity index (χ1n) is 9.38. The average Bonchev–Trinajstić information content (AvgIpc) is 3.11. The first kappa shape index (κ1) is 19.1. The van der Waals surface area contributed by atoms with Crippen molar-refractivity contribution in [1.82, 2.24) is 20.1 Å². The maximum absolute atomic E-state index is 12.5. The molecule has 4 rings (SSSR count). The van der Waals surface area contributed by atoms with E-state index in [9.17, 15) is 13.2 Å². The SMILES string of the molecule is CC(CC#N)N1NC(Nc2ccc3c(c2)CN(C)S3(=O)=O)C2C(=O)NCCC21. The van der Waals surface area contributed by atoms with Crippen molar-refractivity contribution in [3.05, 3.63) is 23.8 Å². The van der Waals surface area contributed by atoms with Gasteiger partial charge in [-0.05, 0) is 37.1 Å². The molecule has 0 spiro atoms.